The molecule has 1 aliphatic heterocycles. The van der Waals surface area contributed by atoms with E-state index in [4.69, 9.17) is 0 Å². The minimum atomic E-state index is 0.785. The van der Waals surface area contributed by atoms with Crippen molar-refractivity contribution in [1.82, 2.24) is 15.3 Å². The van der Waals surface area contributed by atoms with Crippen LogP contribution in [0.25, 0.3) is 0 Å². The van der Waals surface area contributed by atoms with Crippen LogP contribution in [-0.2, 0) is 0 Å². The molecular formula is C11H17N3S. The molecule has 1 fully saturated rings. The first-order valence-electron chi connectivity index (χ1n) is 5.48. The van der Waals surface area contributed by atoms with Crippen LogP contribution in [0.3, 0.4) is 0 Å². The van der Waals surface area contributed by atoms with Crippen LogP contribution >= 0.6 is 11.8 Å². The highest BCUT2D eigenvalue weighted by Crippen LogP contribution is 2.20. The van der Waals surface area contributed by atoms with Gasteiger partial charge in [-0.3, -0.25) is 0 Å². The highest BCUT2D eigenvalue weighted by molar-refractivity contribution is 7.99. The molecule has 3 nitrogen and oxygen atoms in total. The van der Waals surface area contributed by atoms with Gasteiger partial charge in [-0.2, -0.15) is 0 Å². The van der Waals surface area contributed by atoms with Gasteiger partial charge >= 0.3 is 0 Å². The maximum Gasteiger partial charge on any atom is 0.187 e. The summed E-state index contributed by atoms with van der Waals surface area (Å²) in [5.41, 5.74) is 1.05. The topological polar surface area (TPSA) is 37.8 Å². The third-order valence-electron chi connectivity index (χ3n) is 2.62. The van der Waals surface area contributed by atoms with E-state index in [0.717, 1.165) is 29.1 Å². The monoisotopic (exact) mass is 223 g/mol. The molecule has 0 aromatic carbocycles. The van der Waals surface area contributed by atoms with Crippen molar-refractivity contribution < 1.29 is 0 Å². The van der Waals surface area contributed by atoms with Crippen molar-refractivity contribution in [3.8, 4) is 0 Å². The molecule has 0 unspecified atom stereocenters. The van der Waals surface area contributed by atoms with E-state index in [1.807, 2.05) is 19.2 Å². The standard InChI is InChI=1S/C11H17N3S/c1-9-4-6-13-11(14-9)15-8-10-3-2-5-12-7-10/h4,6,10,12H,2-3,5,7-8H2,1H3/t10-/m0/s1. The van der Waals surface area contributed by atoms with Crippen molar-refractivity contribution in [2.75, 3.05) is 18.8 Å². The Morgan fingerprint density at radius 1 is 1.60 bits per heavy atom. The fourth-order valence-electron chi connectivity index (χ4n) is 1.75. The number of aryl methyl sites for hydroxylation is 1. The van der Waals surface area contributed by atoms with Gasteiger partial charge in [0.25, 0.3) is 0 Å². The van der Waals surface area contributed by atoms with Crippen LogP contribution in [0.5, 0.6) is 0 Å². The second-order valence-electron chi connectivity index (χ2n) is 4.00. The molecule has 0 aliphatic carbocycles. The molecule has 2 rings (SSSR count). The number of rotatable bonds is 3. The first kappa shape index (κ1) is 10.9. The zero-order chi connectivity index (χ0) is 10.5. The van der Waals surface area contributed by atoms with Crippen LogP contribution in [0.1, 0.15) is 18.5 Å². The summed E-state index contributed by atoms with van der Waals surface area (Å²) < 4.78 is 0. The van der Waals surface area contributed by atoms with Crippen molar-refractivity contribution >= 4 is 11.8 Å². The van der Waals surface area contributed by atoms with Crippen molar-refractivity contribution in [3.05, 3.63) is 18.0 Å². The normalized spacial score (nSPS) is 21.5. The second-order valence-corrected chi connectivity index (χ2v) is 4.99. The Bertz CT molecular complexity index is 310. The summed E-state index contributed by atoms with van der Waals surface area (Å²) in [6.45, 7) is 4.34. The Kier molecular flexibility index (Phi) is 3.97. The van der Waals surface area contributed by atoms with E-state index in [2.05, 4.69) is 15.3 Å². The molecule has 1 aromatic heterocycles. The van der Waals surface area contributed by atoms with Crippen LogP contribution in [0, 0.1) is 12.8 Å². The number of hydrogen-bond donors (Lipinski definition) is 1. The van der Waals surface area contributed by atoms with E-state index in [1.54, 1.807) is 11.8 Å². The van der Waals surface area contributed by atoms with Crippen molar-refractivity contribution in [1.29, 1.82) is 0 Å². The van der Waals surface area contributed by atoms with Crippen molar-refractivity contribution in [3.63, 3.8) is 0 Å². The van der Waals surface area contributed by atoms with Crippen LogP contribution in [-0.4, -0.2) is 28.8 Å². The summed E-state index contributed by atoms with van der Waals surface area (Å²) >= 11 is 1.78. The molecule has 0 bridgehead atoms. The Morgan fingerprint density at radius 2 is 2.53 bits per heavy atom. The average molecular weight is 223 g/mol. The first-order chi connectivity index (χ1) is 7.34. The Morgan fingerprint density at radius 3 is 3.27 bits per heavy atom. The van der Waals surface area contributed by atoms with Gasteiger partial charge in [0.05, 0.1) is 0 Å². The van der Waals surface area contributed by atoms with E-state index in [9.17, 15) is 0 Å². The molecule has 0 spiro atoms. The predicted octanol–water partition coefficient (Wildman–Crippen LogP) is 1.88. The highest BCUT2D eigenvalue weighted by Gasteiger charge is 2.13. The minimum absolute atomic E-state index is 0.785. The van der Waals surface area contributed by atoms with Gasteiger partial charge in [-0.25, -0.2) is 9.97 Å². The minimum Gasteiger partial charge on any atom is -0.316 e. The summed E-state index contributed by atoms with van der Waals surface area (Å²) in [4.78, 5) is 8.64. The molecule has 1 atom stereocenters. The van der Waals surface area contributed by atoms with E-state index in [1.165, 1.54) is 19.4 Å². The van der Waals surface area contributed by atoms with Crippen LogP contribution in [0.15, 0.2) is 17.4 Å². The number of hydrogen-bond acceptors (Lipinski definition) is 4. The molecule has 0 saturated carbocycles. The van der Waals surface area contributed by atoms with Gasteiger partial charge in [0.1, 0.15) is 0 Å². The van der Waals surface area contributed by atoms with Gasteiger partial charge in [-0.05, 0) is 44.8 Å². The Labute approximate surface area is 95.1 Å². The van der Waals surface area contributed by atoms with Gasteiger partial charge in [0.15, 0.2) is 5.16 Å². The predicted molar refractivity (Wildman–Crippen MR) is 63.1 cm³/mol. The molecule has 1 aliphatic rings. The van der Waals surface area contributed by atoms with E-state index in [-0.39, 0.29) is 0 Å². The van der Waals surface area contributed by atoms with Crippen LogP contribution in [0.2, 0.25) is 0 Å². The maximum atomic E-state index is 4.39. The number of piperidine rings is 1. The molecule has 15 heavy (non-hydrogen) atoms. The number of thioether (sulfide) groups is 1. The summed E-state index contributed by atoms with van der Waals surface area (Å²) in [7, 11) is 0. The first-order valence-corrected chi connectivity index (χ1v) is 6.46. The number of nitrogens with zero attached hydrogens (tertiary/aromatic N) is 2. The lowest BCUT2D eigenvalue weighted by Crippen LogP contribution is -2.30. The van der Waals surface area contributed by atoms with E-state index < -0.39 is 0 Å². The smallest absolute Gasteiger partial charge is 0.187 e. The molecule has 0 amide bonds. The van der Waals surface area contributed by atoms with Gasteiger partial charge in [0.2, 0.25) is 0 Å². The van der Waals surface area contributed by atoms with Crippen LogP contribution in [0.4, 0.5) is 0 Å². The zero-order valence-corrected chi connectivity index (χ0v) is 9.89. The van der Waals surface area contributed by atoms with E-state index in [0.29, 0.717) is 0 Å². The SMILES string of the molecule is Cc1ccnc(SC[C@H]2CCCNC2)n1. The lowest BCUT2D eigenvalue weighted by atomic mass is 10.0. The van der Waals surface area contributed by atoms with Gasteiger partial charge in [-0.15, -0.1) is 0 Å². The Balaban J connectivity index is 1.81. The largest absolute Gasteiger partial charge is 0.316 e. The van der Waals surface area contributed by atoms with Gasteiger partial charge < -0.3 is 5.32 Å². The molecule has 1 N–H and O–H groups in total. The molecule has 1 saturated heterocycles. The summed E-state index contributed by atoms with van der Waals surface area (Å²) in [6, 6.07) is 1.94. The van der Waals surface area contributed by atoms with E-state index >= 15 is 0 Å². The maximum absolute atomic E-state index is 4.39. The number of aromatic nitrogens is 2. The summed E-state index contributed by atoms with van der Waals surface area (Å²) in [5, 5.41) is 4.35. The highest BCUT2D eigenvalue weighted by atomic mass is 32.2. The number of nitrogens with one attached hydrogen (secondary N) is 1. The molecule has 2 heterocycles. The fraction of sp³-hybridized carbons (Fsp3) is 0.636. The molecule has 4 heteroatoms. The van der Waals surface area contributed by atoms with Crippen LogP contribution < -0.4 is 5.32 Å². The molecule has 82 valence electrons. The molecule has 0 radical (unpaired) electrons. The molecular weight excluding hydrogens is 206 g/mol. The lowest BCUT2D eigenvalue weighted by Gasteiger charge is -2.21. The average Bonchev–Trinajstić information content (AvgIpc) is 2.28. The summed E-state index contributed by atoms with van der Waals surface area (Å²) in [5.74, 6) is 1.92. The van der Waals surface area contributed by atoms with Crippen molar-refractivity contribution in [2.24, 2.45) is 5.92 Å². The van der Waals surface area contributed by atoms with Crippen molar-refractivity contribution in [2.45, 2.75) is 24.9 Å². The molecule has 1 aromatic rings. The third-order valence-corrected chi connectivity index (χ3v) is 3.71. The fourth-order valence-corrected chi connectivity index (χ4v) is 2.77. The van der Waals surface area contributed by atoms with Gasteiger partial charge in [-0.1, -0.05) is 11.8 Å². The second kappa shape index (κ2) is 5.47. The van der Waals surface area contributed by atoms with Gasteiger partial charge in [0, 0.05) is 17.6 Å². The lowest BCUT2D eigenvalue weighted by molar-refractivity contribution is 0.410. The Hall–Kier alpha value is -0.610. The third kappa shape index (κ3) is 3.47. The summed E-state index contributed by atoms with van der Waals surface area (Å²) in [6.07, 6.45) is 4.48. The zero-order valence-electron chi connectivity index (χ0n) is 9.07. The quantitative estimate of drug-likeness (QED) is 0.627.